The normalized spacial score (nSPS) is 15.0. The van der Waals surface area contributed by atoms with Crippen LogP contribution in [-0.2, 0) is 17.9 Å². The lowest BCUT2D eigenvalue weighted by molar-refractivity contribution is -0.119. The Bertz CT molecular complexity index is 1080. The number of thioether (sulfide) groups is 1. The lowest BCUT2D eigenvalue weighted by Gasteiger charge is -2.32. The Morgan fingerprint density at radius 2 is 1.91 bits per heavy atom. The SMILES string of the molecule is CCn1c(SCC(=O)NC2CCN(Cc3ccc(Cl)cc3)CC2)nnc1-c1cccc(C)c1. The highest BCUT2D eigenvalue weighted by Gasteiger charge is 2.21. The molecule has 0 aliphatic carbocycles. The van der Waals surface area contributed by atoms with E-state index in [9.17, 15) is 4.79 Å². The molecule has 1 aliphatic rings. The van der Waals surface area contributed by atoms with Crippen LogP contribution >= 0.6 is 23.4 Å². The Morgan fingerprint density at radius 3 is 2.61 bits per heavy atom. The second-order valence-corrected chi connectivity index (χ2v) is 9.83. The van der Waals surface area contributed by atoms with E-state index in [2.05, 4.69) is 63.1 Å². The van der Waals surface area contributed by atoms with Crippen molar-refractivity contribution in [2.24, 2.45) is 0 Å². The number of hydrogen-bond donors (Lipinski definition) is 1. The van der Waals surface area contributed by atoms with Gasteiger partial charge in [-0.05, 0) is 50.5 Å². The number of nitrogens with zero attached hydrogens (tertiary/aromatic N) is 4. The van der Waals surface area contributed by atoms with Crippen molar-refractivity contribution in [3.8, 4) is 11.4 Å². The molecule has 0 radical (unpaired) electrons. The summed E-state index contributed by atoms with van der Waals surface area (Å²) >= 11 is 7.42. The molecule has 1 aromatic heterocycles. The molecule has 4 rings (SSSR count). The fraction of sp³-hybridized carbons (Fsp3) is 0.400. The molecule has 0 spiro atoms. The van der Waals surface area contributed by atoms with Crippen LogP contribution in [0.1, 0.15) is 30.9 Å². The number of amides is 1. The molecule has 6 nitrogen and oxygen atoms in total. The van der Waals surface area contributed by atoms with Crippen molar-refractivity contribution in [1.29, 1.82) is 0 Å². The summed E-state index contributed by atoms with van der Waals surface area (Å²) in [5, 5.41) is 13.5. The van der Waals surface area contributed by atoms with Crippen LogP contribution in [0.15, 0.2) is 53.7 Å². The quantitative estimate of drug-likeness (QED) is 0.466. The first kappa shape index (κ1) is 23.8. The van der Waals surface area contributed by atoms with Crippen LogP contribution in [-0.4, -0.2) is 50.5 Å². The van der Waals surface area contributed by atoms with Crippen LogP contribution in [0.25, 0.3) is 11.4 Å². The van der Waals surface area contributed by atoms with E-state index in [1.54, 1.807) is 0 Å². The van der Waals surface area contributed by atoms with Crippen LogP contribution < -0.4 is 5.32 Å². The van der Waals surface area contributed by atoms with Gasteiger partial charge in [-0.15, -0.1) is 10.2 Å². The van der Waals surface area contributed by atoms with Crippen LogP contribution in [0, 0.1) is 6.92 Å². The van der Waals surface area contributed by atoms with Crippen molar-refractivity contribution in [3.05, 3.63) is 64.7 Å². The standard InChI is InChI=1S/C25H30ClN5OS/c1-3-31-24(20-6-4-5-18(2)15-20)28-29-25(31)33-17-23(32)27-22-11-13-30(14-12-22)16-19-7-9-21(26)10-8-19/h4-10,15,22H,3,11-14,16-17H2,1-2H3,(H,27,32). The minimum absolute atomic E-state index is 0.0545. The molecular weight excluding hydrogens is 454 g/mol. The predicted molar refractivity (Wildman–Crippen MR) is 134 cm³/mol. The zero-order valence-electron chi connectivity index (χ0n) is 19.1. The maximum atomic E-state index is 12.6. The molecule has 0 bridgehead atoms. The number of carbonyl (C=O) groups is 1. The second kappa shape index (κ2) is 11.2. The molecule has 2 heterocycles. The fourth-order valence-corrected chi connectivity index (χ4v) is 5.10. The highest BCUT2D eigenvalue weighted by Crippen LogP contribution is 2.24. The Hall–Kier alpha value is -2.35. The third-order valence-corrected chi connectivity index (χ3v) is 7.13. The van der Waals surface area contributed by atoms with Gasteiger partial charge in [0.1, 0.15) is 0 Å². The van der Waals surface area contributed by atoms with Gasteiger partial charge >= 0.3 is 0 Å². The van der Waals surface area contributed by atoms with Crippen LogP contribution in [0.4, 0.5) is 0 Å². The van der Waals surface area contributed by atoms with Crippen molar-refractivity contribution in [3.63, 3.8) is 0 Å². The smallest absolute Gasteiger partial charge is 0.230 e. The Kier molecular flexibility index (Phi) is 8.06. The van der Waals surface area contributed by atoms with Gasteiger partial charge in [0.2, 0.25) is 5.91 Å². The molecule has 0 atom stereocenters. The maximum absolute atomic E-state index is 12.6. The topological polar surface area (TPSA) is 63.1 Å². The molecule has 1 N–H and O–H groups in total. The van der Waals surface area contributed by atoms with E-state index in [1.807, 2.05) is 24.3 Å². The van der Waals surface area contributed by atoms with Gasteiger partial charge in [0.15, 0.2) is 11.0 Å². The summed E-state index contributed by atoms with van der Waals surface area (Å²) in [4.78, 5) is 15.0. The number of carbonyl (C=O) groups excluding carboxylic acids is 1. The number of aryl methyl sites for hydroxylation is 1. The number of nitrogens with one attached hydrogen (secondary N) is 1. The molecule has 0 saturated carbocycles. The molecule has 1 aliphatic heterocycles. The van der Waals surface area contributed by atoms with E-state index in [4.69, 9.17) is 11.6 Å². The van der Waals surface area contributed by atoms with Gasteiger partial charge in [-0.25, -0.2) is 0 Å². The average molecular weight is 484 g/mol. The number of benzene rings is 2. The third-order valence-electron chi connectivity index (χ3n) is 5.91. The molecule has 33 heavy (non-hydrogen) atoms. The van der Waals surface area contributed by atoms with E-state index in [1.165, 1.54) is 22.9 Å². The van der Waals surface area contributed by atoms with Crippen molar-refractivity contribution < 1.29 is 4.79 Å². The summed E-state index contributed by atoms with van der Waals surface area (Å²) in [6, 6.07) is 16.5. The van der Waals surface area contributed by atoms with Crippen LogP contribution in [0.2, 0.25) is 5.02 Å². The van der Waals surface area contributed by atoms with Gasteiger partial charge in [0.05, 0.1) is 5.75 Å². The highest BCUT2D eigenvalue weighted by molar-refractivity contribution is 7.99. The van der Waals surface area contributed by atoms with E-state index in [-0.39, 0.29) is 11.9 Å². The first-order valence-corrected chi connectivity index (χ1v) is 12.8. The average Bonchev–Trinajstić information content (AvgIpc) is 3.23. The molecule has 8 heteroatoms. The van der Waals surface area contributed by atoms with E-state index < -0.39 is 0 Å². The Labute approximate surface area is 204 Å². The second-order valence-electron chi connectivity index (χ2n) is 8.45. The van der Waals surface area contributed by atoms with E-state index in [0.29, 0.717) is 5.75 Å². The van der Waals surface area contributed by atoms with E-state index >= 15 is 0 Å². The van der Waals surface area contributed by atoms with Gasteiger partial charge in [-0.3, -0.25) is 9.69 Å². The lowest BCUT2D eigenvalue weighted by atomic mass is 10.0. The van der Waals surface area contributed by atoms with Gasteiger partial charge < -0.3 is 9.88 Å². The number of hydrogen-bond acceptors (Lipinski definition) is 5. The molecule has 0 unspecified atom stereocenters. The largest absolute Gasteiger partial charge is 0.353 e. The van der Waals surface area contributed by atoms with Crippen LogP contribution in [0.3, 0.4) is 0 Å². The highest BCUT2D eigenvalue weighted by atomic mass is 35.5. The summed E-state index contributed by atoms with van der Waals surface area (Å²) < 4.78 is 2.07. The van der Waals surface area contributed by atoms with E-state index in [0.717, 1.165) is 60.6 Å². The van der Waals surface area contributed by atoms with Crippen LogP contribution in [0.5, 0.6) is 0 Å². The predicted octanol–water partition coefficient (Wildman–Crippen LogP) is 4.80. The summed E-state index contributed by atoms with van der Waals surface area (Å²) in [6.07, 6.45) is 1.93. The van der Waals surface area contributed by atoms with Gasteiger partial charge in [-0.1, -0.05) is 59.3 Å². The minimum atomic E-state index is 0.0545. The first-order valence-electron chi connectivity index (χ1n) is 11.4. The molecule has 1 amide bonds. The van der Waals surface area contributed by atoms with Gasteiger partial charge in [0.25, 0.3) is 0 Å². The summed E-state index contributed by atoms with van der Waals surface area (Å²) in [6.45, 7) is 7.77. The third kappa shape index (κ3) is 6.37. The zero-order chi connectivity index (χ0) is 23.2. The molecule has 174 valence electrons. The Morgan fingerprint density at radius 1 is 1.15 bits per heavy atom. The van der Waals surface area contributed by atoms with Gasteiger partial charge in [-0.2, -0.15) is 0 Å². The number of likely N-dealkylation sites (tertiary alicyclic amines) is 1. The number of piperidine rings is 1. The molecule has 2 aromatic carbocycles. The number of rotatable bonds is 8. The number of aromatic nitrogens is 3. The summed E-state index contributed by atoms with van der Waals surface area (Å²) in [5.41, 5.74) is 3.50. The van der Waals surface area contributed by atoms with Crippen molar-refractivity contribution >= 4 is 29.3 Å². The molecule has 1 saturated heterocycles. The van der Waals surface area contributed by atoms with Crippen molar-refractivity contribution in [1.82, 2.24) is 25.0 Å². The summed E-state index contributed by atoms with van der Waals surface area (Å²) in [5.74, 6) is 1.24. The molecule has 3 aromatic rings. The molecule has 1 fully saturated rings. The lowest BCUT2D eigenvalue weighted by Crippen LogP contribution is -2.44. The van der Waals surface area contributed by atoms with Crippen molar-refractivity contribution in [2.45, 2.75) is 51.0 Å². The maximum Gasteiger partial charge on any atom is 0.230 e. The zero-order valence-corrected chi connectivity index (χ0v) is 20.7. The summed E-state index contributed by atoms with van der Waals surface area (Å²) in [7, 11) is 0. The van der Waals surface area contributed by atoms with Gasteiger partial charge in [0, 0.05) is 42.8 Å². The molecular formula is C25H30ClN5OS. The Balaban J connectivity index is 1.25. The fourth-order valence-electron chi connectivity index (χ4n) is 4.16. The monoisotopic (exact) mass is 483 g/mol. The first-order chi connectivity index (χ1) is 16.0. The van der Waals surface area contributed by atoms with Crippen molar-refractivity contribution in [2.75, 3.05) is 18.8 Å². The number of halogens is 1. The minimum Gasteiger partial charge on any atom is -0.353 e.